The number of hydrogen-bond donors (Lipinski definition) is 2. The smallest absolute Gasteiger partial charge is 0.269 e. The molecule has 1 amide bonds. The van der Waals surface area contributed by atoms with Crippen LogP contribution in [0.2, 0.25) is 0 Å². The van der Waals surface area contributed by atoms with Crippen molar-refractivity contribution in [2.24, 2.45) is 5.92 Å². The normalized spacial score (nSPS) is 23.5. The van der Waals surface area contributed by atoms with Gasteiger partial charge in [-0.15, -0.1) is 0 Å². The van der Waals surface area contributed by atoms with E-state index in [1.165, 1.54) is 31.9 Å². The molecule has 1 aliphatic carbocycles. The molecule has 6 heteroatoms. The third-order valence-electron chi connectivity index (χ3n) is 4.61. The van der Waals surface area contributed by atoms with Gasteiger partial charge in [0.25, 0.3) is 11.5 Å². The van der Waals surface area contributed by atoms with Crippen molar-refractivity contribution in [2.75, 3.05) is 19.6 Å². The molecule has 2 N–H and O–H groups in total. The number of amides is 1. The zero-order valence-electron chi connectivity index (χ0n) is 12.2. The van der Waals surface area contributed by atoms with Gasteiger partial charge in [-0.2, -0.15) is 0 Å². The van der Waals surface area contributed by atoms with Crippen LogP contribution in [-0.2, 0) is 0 Å². The molecule has 21 heavy (non-hydrogen) atoms. The Morgan fingerprint density at radius 2 is 2.14 bits per heavy atom. The Balaban J connectivity index is 1.47. The van der Waals surface area contributed by atoms with E-state index in [4.69, 9.17) is 0 Å². The molecular weight excluding hydrogens is 268 g/mol. The van der Waals surface area contributed by atoms with Gasteiger partial charge in [0.15, 0.2) is 0 Å². The summed E-state index contributed by atoms with van der Waals surface area (Å²) < 4.78 is 0. The number of aromatic amines is 1. The average molecular weight is 290 g/mol. The summed E-state index contributed by atoms with van der Waals surface area (Å²) in [5, 5.41) is 2.90. The van der Waals surface area contributed by atoms with Gasteiger partial charge in [0.2, 0.25) is 0 Å². The maximum Gasteiger partial charge on any atom is 0.269 e. The number of carbonyl (C=O) groups excluding carboxylic acids is 1. The Kier molecular flexibility index (Phi) is 4.34. The molecule has 0 bridgehead atoms. The fourth-order valence-electron chi connectivity index (χ4n) is 3.45. The second-order valence-corrected chi connectivity index (χ2v) is 6.11. The molecule has 2 heterocycles. The fraction of sp³-hybridized carbons (Fsp3) is 0.667. The number of nitrogens with one attached hydrogen (secondary N) is 2. The lowest BCUT2D eigenvalue weighted by Gasteiger charge is -2.23. The van der Waals surface area contributed by atoms with Crippen LogP contribution in [0.1, 0.15) is 42.6 Å². The average Bonchev–Trinajstić information content (AvgIpc) is 3.15. The molecule has 1 saturated heterocycles. The first-order chi connectivity index (χ1) is 10.2. The van der Waals surface area contributed by atoms with E-state index in [9.17, 15) is 9.59 Å². The van der Waals surface area contributed by atoms with Crippen LogP contribution in [-0.4, -0.2) is 46.5 Å². The molecule has 0 spiro atoms. The summed E-state index contributed by atoms with van der Waals surface area (Å²) in [6, 6.07) is 0.764. The maximum absolute atomic E-state index is 12.0. The van der Waals surface area contributed by atoms with E-state index in [0.29, 0.717) is 12.5 Å². The monoisotopic (exact) mass is 290 g/mol. The van der Waals surface area contributed by atoms with Crippen molar-refractivity contribution in [1.82, 2.24) is 20.2 Å². The van der Waals surface area contributed by atoms with Crippen molar-refractivity contribution < 1.29 is 4.79 Å². The van der Waals surface area contributed by atoms with Crippen molar-refractivity contribution >= 4 is 5.91 Å². The van der Waals surface area contributed by atoms with Gasteiger partial charge in [-0.1, -0.05) is 12.8 Å². The summed E-state index contributed by atoms with van der Waals surface area (Å²) in [6.07, 6.45) is 9.06. The highest BCUT2D eigenvalue weighted by molar-refractivity contribution is 5.91. The van der Waals surface area contributed by atoms with Crippen LogP contribution in [0, 0.1) is 5.92 Å². The molecule has 0 unspecified atom stereocenters. The van der Waals surface area contributed by atoms with Gasteiger partial charge in [-0.05, 0) is 31.7 Å². The molecule has 0 radical (unpaired) electrons. The third kappa shape index (κ3) is 3.50. The van der Waals surface area contributed by atoms with Crippen molar-refractivity contribution in [3.05, 3.63) is 28.4 Å². The first-order valence-electron chi connectivity index (χ1n) is 7.79. The predicted octanol–water partition coefficient (Wildman–Crippen LogP) is 0.764. The number of likely N-dealkylation sites (tertiary alicyclic amines) is 1. The van der Waals surface area contributed by atoms with Crippen LogP contribution in [0.4, 0.5) is 0 Å². The first-order valence-corrected chi connectivity index (χ1v) is 7.79. The van der Waals surface area contributed by atoms with Crippen molar-refractivity contribution in [3.8, 4) is 0 Å². The first kappa shape index (κ1) is 14.3. The Hall–Kier alpha value is -1.69. The van der Waals surface area contributed by atoms with Gasteiger partial charge in [0.1, 0.15) is 5.69 Å². The van der Waals surface area contributed by atoms with Gasteiger partial charge in [0.05, 0.1) is 12.4 Å². The Bertz CT molecular complexity index is 551. The molecule has 1 saturated carbocycles. The second kappa shape index (κ2) is 6.39. The number of nitrogens with zero attached hydrogens (tertiary/aromatic N) is 2. The van der Waals surface area contributed by atoms with Crippen LogP contribution < -0.4 is 10.9 Å². The highest BCUT2D eigenvalue weighted by Gasteiger charge is 2.29. The van der Waals surface area contributed by atoms with Crippen molar-refractivity contribution in [3.63, 3.8) is 0 Å². The summed E-state index contributed by atoms with van der Waals surface area (Å²) >= 11 is 0. The van der Waals surface area contributed by atoms with E-state index >= 15 is 0 Å². The summed E-state index contributed by atoms with van der Waals surface area (Å²) in [5.41, 5.74) is -0.121. The number of rotatable bonds is 4. The minimum Gasteiger partial charge on any atom is -0.350 e. The summed E-state index contributed by atoms with van der Waals surface area (Å²) in [4.78, 5) is 31.9. The van der Waals surface area contributed by atoms with E-state index in [0.717, 1.165) is 31.7 Å². The molecule has 0 aromatic carbocycles. The Morgan fingerprint density at radius 3 is 2.90 bits per heavy atom. The largest absolute Gasteiger partial charge is 0.350 e. The van der Waals surface area contributed by atoms with Gasteiger partial charge >= 0.3 is 0 Å². The van der Waals surface area contributed by atoms with Gasteiger partial charge in [0, 0.05) is 19.1 Å². The molecule has 3 rings (SSSR count). The van der Waals surface area contributed by atoms with Crippen LogP contribution >= 0.6 is 0 Å². The molecule has 1 aliphatic heterocycles. The Labute approximate surface area is 124 Å². The zero-order valence-corrected chi connectivity index (χ0v) is 12.2. The molecule has 2 fully saturated rings. The molecule has 1 aromatic heterocycles. The lowest BCUT2D eigenvalue weighted by Crippen LogP contribution is -2.34. The molecular formula is C15H22N4O2. The maximum atomic E-state index is 12.0. The van der Waals surface area contributed by atoms with Crippen LogP contribution in [0.15, 0.2) is 17.2 Å². The Morgan fingerprint density at radius 1 is 1.33 bits per heavy atom. The SMILES string of the molecule is O=C(NC[C@H]1CCN(C2CCCC2)C1)c1cncc(=O)[nH]1. The number of H-pyrrole nitrogens is 1. The third-order valence-corrected chi connectivity index (χ3v) is 4.61. The number of hydrogen-bond acceptors (Lipinski definition) is 4. The standard InChI is InChI=1S/C15H22N4O2/c20-14-9-16-8-13(18-14)15(21)17-7-11-5-6-19(10-11)12-3-1-2-4-12/h8-9,11-12H,1-7,10H2,(H,17,21)(H,18,20)/t11-/m1/s1. The van der Waals surface area contributed by atoms with Crippen LogP contribution in [0.25, 0.3) is 0 Å². The highest BCUT2D eigenvalue weighted by atomic mass is 16.2. The van der Waals surface area contributed by atoms with E-state index in [-0.39, 0.29) is 17.2 Å². The molecule has 1 aromatic rings. The van der Waals surface area contributed by atoms with Crippen LogP contribution in [0.3, 0.4) is 0 Å². The lowest BCUT2D eigenvalue weighted by molar-refractivity contribution is 0.0941. The summed E-state index contributed by atoms with van der Waals surface area (Å²) in [7, 11) is 0. The van der Waals surface area contributed by atoms with Crippen molar-refractivity contribution in [1.29, 1.82) is 0 Å². The molecule has 6 nitrogen and oxygen atoms in total. The second-order valence-electron chi connectivity index (χ2n) is 6.11. The van der Waals surface area contributed by atoms with E-state index in [1.807, 2.05) is 0 Å². The van der Waals surface area contributed by atoms with E-state index in [2.05, 4.69) is 20.2 Å². The predicted molar refractivity (Wildman–Crippen MR) is 79.1 cm³/mol. The molecule has 1 atom stereocenters. The van der Waals surface area contributed by atoms with E-state index in [1.54, 1.807) is 0 Å². The van der Waals surface area contributed by atoms with E-state index < -0.39 is 0 Å². The lowest BCUT2D eigenvalue weighted by atomic mass is 10.1. The minimum atomic E-state index is -0.351. The van der Waals surface area contributed by atoms with Gasteiger partial charge in [-0.3, -0.25) is 14.6 Å². The number of aromatic nitrogens is 2. The fourth-order valence-corrected chi connectivity index (χ4v) is 3.45. The topological polar surface area (TPSA) is 78.1 Å². The summed E-state index contributed by atoms with van der Waals surface area (Å²) in [6.45, 7) is 2.89. The van der Waals surface area contributed by atoms with Crippen molar-refractivity contribution in [2.45, 2.75) is 38.1 Å². The van der Waals surface area contributed by atoms with Crippen LogP contribution in [0.5, 0.6) is 0 Å². The quantitative estimate of drug-likeness (QED) is 0.858. The zero-order chi connectivity index (χ0) is 14.7. The molecule has 114 valence electrons. The van der Waals surface area contributed by atoms with Gasteiger partial charge < -0.3 is 15.2 Å². The number of carbonyl (C=O) groups is 1. The van der Waals surface area contributed by atoms with Gasteiger partial charge in [-0.25, -0.2) is 0 Å². The minimum absolute atomic E-state index is 0.230. The summed E-state index contributed by atoms with van der Waals surface area (Å²) in [5.74, 6) is 0.262. The highest BCUT2D eigenvalue weighted by Crippen LogP contribution is 2.28. The molecule has 2 aliphatic rings.